The molecule has 0 rings (SSSR count). The van der Waals surface area contributed by atoms with Gasteiger partial charge in [-0.25, -0.2) is 0 Å². The van der Waals surface area contributed by atoms with Crippen molar-refractivity contribution in [3.63, 3.8) is 0 Å². The SMILES string of the molecule is CC(=O)CC(C)C.CO[Si](CC[Si](OC)(OC)OC)(OC)OC. The number of hydrogen-bond donors (Lipinski definition) is 0. The van der Waals surface area contributed by atoms with Crippen LogP contribution in [0, 0.1) is 5.92 Å². The van der Waals surface area contributed by atoms with E-state index in [1.807, 2.05) is 13.8 Å². The Hall–Kier alpha value is -0.136. The molecule has 0 aliphatic rings. The predicted octanol–water partition coefficient (Wildman–Crippen LogP) is 2.36. The van der Waals surface area contributed by atoms with Crippen molar-refractivity contribution in [2.75, 3.05) is 42.7 Å². The maximum absolute atomic E-state index is 10.3. The maximum atomic E-state index is 10.3. The summed E-state index contributed by atoms with van der Waals surface area (Å²) in [4.78, 5) is 10.3. The second kappa shape index (κ2) is 13.2. The number of hydrogen-bond acceptors (Lipinski definition) is 7. The fourth-order valence-corrected chi connectivity index (χ4v) is 6.67. The molecule has 23 heavy (non-hydrogen) atoms. The summed E-state index contributed by atoms with van der Waals surface area (Å²) >= 11 is 0. The van der Waals surface area contributed by atoms with Crippen LogP contribution >= 0.6 is 0 Å². The molecule has 0 fully saturated rings. The number of ketones is 1. The summed E-state index contributed by atoms with van der Waals surface area (Å²) in [5, 5.41) is 0. The fraction of sp³-hybridized carbons (Fsp3) is 0.929. The second-order valence-corrected chi connectivity index (χ2v) is 11.6. The van der Waals surface area contributed by atoms with E-state index in [1.165, 1.54) is 0 Å². The molecule has 0 aliphatic carbocycles. The van der Waals surface area contributed by atoms with E-state index < -0.39 is 17.6 Å². The standard InChI is InChI=1S/C8H22O6Si2.C6H12O/c1-9-15(10-2,11-3)7-8-16(12-4,13-5)14-6;1-5(2)4-6(3)7/h7-8H2,1-6H3;5H,4H2,1-3H3. The minimum Gasteiger partial charge on any atom is -0.377 e. The molecule has 0 amide bonds. The third kappa shape index (κ3) is 10.4. The lowest BCUT2D eigenvalue weighted by molar-refractivity contribution is -0.117. The Bertz CT molecular complexity index is 269. The first-order valence-electron chi connectivity index (χ1n) is 7.50. The first kappa shape index (κ1) is 25.1. The Balaban J connectivity index is 0. The third-order valence-electron chi connectivity index (χ3n) is 3.30. The van der Waals surface area contributed by atoms with Crippen LogP contribution in [0.15, 0.2) is 0 Å². The van der Waals surface area contributed by atoms with E-state index >= 15 is 0 Å². The summed E-state index contributed by atoms with van der Waals surface area (Å²) in [5.41, 5.74) is 0. The second-order valence-electron chi connectivity index (χ2n) is 5.39. The van der Waals surface area contributed by atoms with Crippen LogP contribution < -0.4 is 0 Å². The van der Waals surface area contributed by atoms with Crippen molar-refractivity contribution in [2.45, 2.75) is 39.3 Å². The zero-order chi connectivity index (χ0) is 18.5. The zero-order valence-electron chi connectivity index (χ0n) is 16.1. The normalized spacial score (nSPS) is 12.1. The van der Waals surface area contributed by atoms with E-state index in [-0.39, 0.29) is 5.78 Å². The molecule has 0 aromatic rings. The largest absolute Gasteiger partial charge is 0.500 e. The molecule has 0 aliphatic heterocycles. The Morgan fingerprint density at radius 3 is 1.09 bits per heavy atom. The van der Waals surface area contributed by atoms with Crippen molar-refractivity contribution in [3.8, 4) is 0 Å². The Labute approximate surface area is 143 Å². The average molecular weight is 371 g/mol. The van der Waals surface area contributed by atoms with Gasteiger partial charge in [-0.1, -0.05) is 13.8 Å². The molecule has 0 unspecified atom stereocenters. The number of carbonyl (C=O) groups excluding carboxylic acids is 1. The Morgan fingerprint density at radius 1 is 0.739 bits per heavy atom. The monoisotopic (exact) mass is 370 g/mol. The molecule has 140 valence electrons. The van der Waals surface area contributed by atoms with E-state index in [2.05, 4.69) is 0 Å². The minimum atomic E-state index is -2.58. The summed E-state index contributed by atoms with van der Waals surface area (Å²) < 4.78 is 31.9. The van der Waals surface area contributed by atoms with E-state index in [0.29, 0.717) is 18.0 Å². The molecule has 0 N–H and O–H groups in total. The Kier molecular flexibility index (Phi) is 14.4. The molecule has 0 radical (unpaired) electrons. The molecule has 0 heterocycles. The lowest BCUT2D eigenvalue weighted by atomic mass is 10.1. The smallest absolute Gasteiger partial charge is 0.377 e. The van der Waals surface area contributed by atoms with Gasteiger partial charge in [-0.3, -0.25) is 0 Å². The lowest BCUT2D eigenvalue weighted by Gasteiger charge is -2.29. The van der Waals surface area contributed by atoms with Gasteiger partial charge in [0.05, 0.1) is 0 Å². The van der Waals surface area contributed by atoms with Gasteiger partial charge in [0.2, 0.25) is 0 Å². The van der Waals surface area contributed by atoms with Gasteiger partial charge in [0.1, 0.15) is 5.78 Å². The van der Waals surface area contributed by atoms with Crippen molar-refractivity contribution in [2.24, 2.45) is 5.92 Å². The topological polar surface area (TPSA) is 72.5 Å². The highest BCUT2D eigenvalue weighted by molar-refractivity contribution is 6.66. The molecular formula is C14H34O7Si2. The highest BCUT2D eigenvalue weighted by Gasteiger charge is 2.45. The van der Waals surface area contributed by atoms with Crippen LogP contribution in [0.4, 0.5) is 0 Å². The first-order chi connectivity index (χ1) is 10.7. The third-order valence-corrected chi connectivity index (χ3v) is 9.26. The van der Waals surface area contributed by atoms with Crippen molar-refractivity contribution >= 4 is 23.4 Å². The van der Waals surface area contributed by atoms with E-state index in [0.717, 1.165) is 6.42 Å². The van der Waals surface area contributed by atoms with Crippen LogP contribution in [0.25, 0.3) is 0 Å². The van der Waals surface area contributed by atoms with Crippen LogP contribution in [-0.4, -0.2) is 66.1 Å². The van der Waals surface area contributed by atoms with Gasteiger partial charge in [0.15, 0.2) is 0 Å². The van der Waals surface area contributed by atoms with E-state index in [4.69, 9.17) is 26.6 Å². The molecule has 0 atom stereocenters. The minimum absolute atomic E-state index is 0.287. The molecule has 0 spiro atoms. The van der Waals surface area contributed by atoms with Gasteiger partial charge in [0, 0.05) is 61.2 Å². The number of carbonyl (C=O) groups is 1. The molecule has 7 nitrogen and oxygen atoms in total. The average Bonchev–Trinajstić information content (AvgIpc) is 2.53. The summed E-state index contributed by atoms with van der Waals surface area (Å²) in [6, 6.07) is 1.19. The highest BCUT2D eigenvalue weighted by atomic mass is 28.4. The van der Waals surface area contributed by atoms with Gasteiger partial charge in [-0.15, -0.1) is 0 Å². The van der Waals surface area contributed by atoms with Crippen LogP contribution in [-0.2, 0) is 31.4 Å². The van der Waals surface area contributed by atoms with Gasteiger partial charge in [0.25, 0.3) is 0 Å². The van der Waals surface area contributed by atoms with Gasteiger partial charge < -0.3 is 31.4 Å². The molecule has 0 aromatic carbocycles. The zero-order valence-corrected chi connectivity index (χ0v) is 18.1. The number of Topliss-reactive ketones (excluding diaryl/α,β-unsaturated/α-hetero) is 1. The molecule has 0 bridgehead atoms. The summed E-state index contributed by atoms with van der Waals surface area (Å²) in [7, 11) is 4.31. The number of rotatable bonds is 11. The van der Waals surface area contributed by atoms with Gasteiger partial charge >= 0.3 is 17.6 Å². The summed E-state index contributed by atoms with van der Waals surface area (Å²) in [6.45, 7) is 5.71. The van der Waals surface area contributed by atoms with Crippen LogP contribution in [0.5, 0.6) is 0 Å². The lowest BCUT2D eigenvalue weighted by Crippen LogP contribution is -2.48. The van der Waals surface area contributed by atoms with Gasteiger partial charge in [-0.05, 0) is 12.8 Å². The van der Waals surface area contributed by atoms with E-state index in [1.54, 1.807) is 49.6 Å². The van der Waals surface area contributed by atoms with Crippen LogP contribution in [0.3, 0.4) is 0 Å². The van der Waals surface area contributed by atoms with E-state index in [9.17, 15) is 4.79 Å². The Morgan fingerprint density at radius 2 is 1.00 bits per heavy atom. The van der Waals surface area contributed by atoms with Crippen molar-refractivity contribution in [1.82, 2.24) is 0 Å². The summed E-state index contributed by atoms with van der Waals surface area (Å²) in [5.74, 6) is 0.813. The highest BCUT2D eigenvalue weighted by Crippen LogP contribution is 2.23. The van der Waals surface area contributed by atoms with Crippen molar-refractivity contribution in [1.29, 1.82) is 0 Å². The first-order valence-corrected chi connectivity index (χ1v) is 11.4. The van der Waals surface area contributed by atoms with Gasteiger partial charge in [-0.2, -0.15) is 0 Å². The molecule has 9 heteroatoms. The maximum Gasteiger partial charge on any atom is 0.500 e. The van der Waals surface area contributed by atoms with Crippen molar-refractivity contribution in [3.05, 3.63) is 0 Å². The van der Waals surface area contributed by atoms with Crippen LogP contribution in [0.2, 0.25) is 12.1 Å². The molecule has 0 saturated heterocycles. The van der Waals surface area contributed by atoms with Crippen LogP contribution in [0.1, 0.15) is 27.2 Å². The molecule has 0 aromatic heterocycles. The molecule has 0 saturated carbocycles. The molecular weight excluding hydrogens is 336 g/mol. The van der Waals surface area contributed by atoms with Crippen molar-refractivity contribution < 1.29 is 31.4 Å². The quantitative estimate of drug-likeness (QED) is 0.517. The fourth-order valence-electron chi connectivity index (χ4n) is 1.99. The predicted molar refractivity (Wildman–Crippen MR) is 93.3 cm³/mol. The summed E-state index contributed by atoms with van der Waals surface area (Å²) in [6.07, 6.45) is 0.722.